The van der Waals surface area contributed by atoms with E-state index in [1.54, 1.807) is 19.1 Å². The molecule has 1 amide bonds. The number of amides is 1. The van der Waals surface area contributed by atoms with E-state index < -0.39 is 11.7 Å². The van der Waals surface area contributed by atoms with Crippen molar-refractivity contribution in [2.45, 2.75) is 18.9 Å². The lowest BCUT2D eigenvalue weighted by molar-refractivity contribution is 0.0502. The second-order valence-electron chi connectivity index (χ2n) is 4.39. The number of rotatable bonds is 3. The predicted octanol–water partition coefficient (Wildman–Crippen LogP) is 1.49. The summed E-state index contributed by atoms with van der Waals surface area (Å²) in [4.78, 5) is 13.2. The van der Waals surface area contributed by atoms with Crippen LogP contribution in [0.4, 0.5) is 10.5 Å². The van der Waals surface area contributed by atoms with E-state index in [1.165, 1.54) is 17.0 Å². The first-order valence-corrected chi connectivity index (χ1v) is 5.44. The first kappa shape index (κ1) is 11.7. The van der Waals surface area contributed by atoms with E-state index in [0.717, 1.165) is 0 Å². The smallest absolute Gasteiger partial charge is 0.415 e. The van der Waals surface area contributed by atoms with Gasteiger partial charge in [-0.05, 0) is 31.2 Å². The van der Waals surface area contributed by atoms with Crippen LogP contribution >= 0.6 is 0 Å². The molecule has 5 heteroatoms. The molecule has 1 fully saturated rings. The number of hydrogen-bond acceptors (Lipinski definition) is 4. The Morgan fingerprint density at radius 2 is 2.06 bits per heavy atom. The molecular formula is C12H15NO4. The van der Waals surface area contributed by atoms with Gasteiger partial charge < -0.3 is 14.9 Å². The Balaban J connectivity index is 2.18. The third-order valence-electron chi connectivity index (χ3n) is 2.85. The van der Waals surface area contributed by atoms with Crippen LogP contribution in [0.1, 0.15) is 13.3 Å². The van der Waals surface area contributed by atoms with Crippen LogP contribution in [-0.2, 0) is 4.74 Å². The average molecular weight is 237 g/mol. The van der Waals surface area contributed by atoms with Crippen LogP contribution in [0.3, 0.4) is 0 Å². The lowest BCUT2D eigenvalue weighted by atomic mass is 10.0. The molecule has 0 radical (unpaired) electrons. The Bertz CT molecular complexity index is 417. The molecule has 1 aliphatic rings. The first-order valence-electron chi connectivity index (χ1n) is 5.44. The molecule has 0 spiro atoms. The van der Waals surface area contributed by atoms with Gasteiger partial charge >= 0.3 is 6.09 Å². The second kappa shape index (κ2) is 4.25. The van der Waals surface area contributed by atoms with Gasteiger partial charge in [0.05, 0.1) is 6.54 Å². The maximum atomic E-state index is 11.7. The fraction of sp³-hybridized carbons (Fsp3) is 0.417. The summed E-state index contributed by atoms with van der Waals surface area (Å²) in [6.07, 6.45) is -0.0144. The van der Waals surface area contributed by atoms with Gasteiger partial charge in [0, 0.05) is 18.7 Å². The molecule has 0 aliphatic carbocycles. The van der Waals surface area contributed by atoms with Gasteiger partial charge in [-0.2, -0.15) is 0 Å². The van der Waals surface area contributed by atoms with Gasteiger partial charge in [0.2, 0.25) is 0 Å². The van der Waals surface area contributed by atoms with Gasteiger partial charge in [0.15, 0.2) is 0 Å². The summed E-state index contributed by atoms with van der Waals surface area (Å²) in [6.45, 7) is 2.17. The van der Waals surface area contributed by atoms with Gasteiger partial charge in [0.25, 0.3) is 0 Å². The standard InChI is InChI=1S/C12H15NO4/c1-12(6-7-14)8-13(11(16)17-12)9-2-4-10(15)5-3-9/h2-5,14-15H,6-8H2,1H3. The van der Waals surface area contributed by atoms with Crippen LogP contribution in [0.15, 0.2) is 24.3 Å². The third kappa shape index (κ3) is 2.34. The molecule has 5 nitrogen and oxygen atoms in total. The van der Waals surface area contributed by atoms with Crippen LogP contribution in [0.2, 0.25) is 0 Å². The fourth-order valence-corrected chi connectivity index (χ4v) is 1.89. The van der Waals surface area contributed by atoms with Gasteiger partial charge in [0.1, 0.15) is 11.4 Å². The number of aliphatic hydroxyl groups is 1. The minimum Gasteiger partial charge on any atom is -0.508 e. The van der Waals surface area contributed by atoms with Gasteiger partial charge in [-0.1, -0.05) is 0 Å². The summed E-state index contributed by atoms with van der Waals surface area (Å²) in [5, 5.41) is 18.1. The van der Waals surface area contributed by atoms with E-state index in [2.05, 4.69) is 0 Å². The maximum Gasteiger partial charge on any atom is 0.415 e. The van der Waals surface area contributed by atoms with Crippen molar-refractivity contribution < 1.29 is 19.7 Å². The summed E-state index contributed by atoms with van der Waals surface area (Å²) in [7, 11) is 0. The number of aliphatic hydroxyl groups excluding tert-OH is 1. The minimum atomic E-state index is -0.649. The molecule has 0 aromatic heterocycles. The van der Waals surface area contributed by atoms with Crippen LogP contribution in [0.5, 0.6) is 5.75 Å². The Labute approximate surface area is 99.2 Å². The molecule has 1 unspecified atom stereocenters. The normalized spacial score (nSPS) is 23.9. The Morgan fingerprint density at radius 1 is 1.41 bits per heavy atom. The van der Waals surface area contributed by atoms with Gasteiger partial charge in [-0.25, -0.2) is 4.79 Å². The molecule has 1 aromatic rings. The number of cyclic esters (lactones) is 1. The van der Waals surface area contributed by atoms with Crippen molar-refractivity contribution in [2.75, 3.05) is 18.1 Å². The first-order chi connectivity index (χ1) is 8.04. The number of phenolic OH excluding ortho intramolecular Hbond substituents is 1. The lowest BCUT2D eigenvalue weighted by Gasteiger charge is -2.20. The molecule has 2 rings (SSSR count). The number of ether oxygens (including phenoxy) is 1. The summed E-state index contributed by atoms with van der Waals surface area (Å²) >= 11 is 0. The molecule has 1 heterocycles. The number of benzene rings is 1. The predicted molar refractivity (Wildman–Crippen MR) is 62.0 cm³/mol. The summed E-state index contributed by atoms with van der Waals surface area (Å²) < 4.78 is 5.25. The van der Waals surface area contributed by atoms with Crippen molar-refractivity contribution in [2.24, 2.45) is 0 Å². The number of nitrogens with zero attached hydrogens (tertiary/aromatic N) is 1. The highest BCUT2D eigenvalue weighted by atomic mass is 16.6. The highest BCUT2D eigenvalue weighted by molar-refractivity contribution is 5.90. The van der Waals surface area contributed by atoms with E-state index in [1.807, 2.05) is 0 Å². The van der Waals surface area contributed by atoms with Crippen molar-refractivity contribution in [1.82, 2.24) is 0 Å². The van der Waals surface area contributed by atoms with Crippen molar-refractivity contribution >= 4 is 11.8 Å². The molecular weight excluding hydrogens is 222 g/mol. The zero-order valence-corrected chi connectivity index (χ0v) is 9.59. The lowest BCUT2D eigenvalue weighted by Crippen LogP contribution is -2.32. The summed E-state index contributed by atoms with van der Waals surface area (Å²) in [5.41, 5.74) is 0.0263. The molecule has 2 N–H and O–H groups in total. The zero-order chi connectivity index (χ0) is 12.5. The molecule has 17 heavy (non-hydrogen) atoms. The summed E-state index contributed by atoms with van der Waals surface area (Å²) in [6, 6.07) is 6.34. The molecule has 1 aliphatic heterocycles. The number of carbonyl (C=O) groups is 1. The Morgan fingerprint density at radius 3 is 2.65 bits per heavy atom. The average Bonchev–Trinajstić information content (AvgIpc) is 2.56. The molecule has 1 atom stereocenters. The van der Waals surface area contributed by atoms with Crippen LogP contribution in [-0.4, -0.2) is 35.1 Å². The quantitative estimate of drug-likeness (QED) is 0.835. The van der Waals surface area contributed by atoms with Crippen molar-refractivity contribution in [3.05, 3.63) is 24.3 Å². The maximum absolute atomic E-state index is 11.7. The van der Waals surface area contributed by atoms with E-state index in [9.17, 15) is 9.90 Å². The monoisotopic (exact) mass is 237 g/mol. The molecule has 0 bridgehead atoms. The molecule has 1 aromatic carbocycles. The number of hydrogen-bond donors (Lipinski definition) is 2. The summed E-state index contributed by atoms with van der Waals surface area (Å²) in [5.74, 6) is 0.152. The number of aromatic hydroxyl groups is 1. The van der Waals surface area contributed by atoms with Gasteiger partial charge in [-0.15, -0.1) is 0 Å². The SMILES string of the molecule is CC1(CCO)CN(c2ccc(O)cc2)C(=O)O1. The fourth-order valence-electron chi connectivity index (χ4n) is 1.89. The topological polar surface area (TPSA) is 70.0 Å². The van der Waals surface area contributed by atoms with Crippen molar-refractivity contribution in [3.8, 4) is 5.75 Å². The Hall–Kier alpha value is -1.75. The van der Waals surface area contributed by atoms with E-state index in [-0.39, 0.29) is 12.4 Å². The van der Waals surface area contributed by atoms with Crippen LogP contribution in [0, 0.1) is 0 Å². The molecule has 92 valence electrons. The van der Waals surface area contributed by atoms with Crippen molar-refractivity contribution in [1.29, 1.82) is 0 Å². The van der Waals surface area contributed by atoms with Crippen LogP contribution in [0.25, 0.3) is 0 Å². The van der Waals surface area contributed by atoms with E-state index >= 15 is 0 Å². The van der Waals surface area contributed by atoms with Gasteiger partial charge in [-0.3, -0.25) is 4.90 Å². The van der Waals surface area contributed by atoms with E-state index in [0.29, 0.717) is 18.7 Å². The second-order valence-corrected chi connectivity index (χ2v) is 4.39. The largest absolute Gasteiger partial charge is 0.508 e. The number of carbonyl (C=O) groups excluding carboxylic acids is 1. The molecule has 1 saturated heterocycles. The minimum absolute atomic E-state index is 0.0206. The highest BCUT2D eigenvalue weighted by Gasteiger charge is 2.41. The highest BCUT2D eigenvalue weighted by Crippen LogP contribution is 2.30. The van der Waals surface area contributed by atoms with Crippen molar-refractivity contribution in [3.63, 3.8) is 0 Å². The number of anilines is 1. The zero-order valence-electron chi connectivity index (χ0n) is 9.59. The molecule has 0 saturated carbocycles. The Kier molecular flexibility index (Phi) is 2.93. The van der Waals surface area contributed by atoms with E-state index in [4.69, 9.17) is 9.84 Å². The van der Waals surface area contributed by atoms with Crippen LogP contribution < -0.4 is 4.90 Å². The third-order valence-corrected chi connectivity index (χ3v) is 2.85. The number of phenols is 1.